The summed E-state index contributed by atoms with van der Waals surface area (Å²) in [6, 6.07) is 18.1. The molecular weight excluding hydrogens is 478 g/mol. The lowest BCUT2D eigenvalue weighted by Gasteiger charge is -2.36. The summed E-state index contributed by atoms with van der Waals surface area (Å²) >= 11 is 0. The van der Waals surface area contributed by atoms with Gasteiger partial charge in [0, 0.05) is 12.5 Å². The summed E-state index contributed by atoms with van der Waals surface area (Å²) in [6.45, 7) is 0.526. The van der Waals surface area contributed by atoms with Crippen LogP contribution in [0.15, 0.2) is 60.7 Å². The van der Waals surface area contributed by atoms with Gasteiger partial charge in [-0.25, -0.2) is 9.59 Å². The molecule has 37 heavy (non-hydrogen) atoms. The smallest absolute Gasteiger partial charge is 0.407 e. The van der Waals surface area contributed by atoms with Gasteiger partial charge >= 0.3 is 12.2 Å². The van der Waals surface area contributed by atoms with E-state index in [9.17, 15) is 24.6 Å². The number of ether oxygens (including phenoxy) is 2. The molecule has 3 atom stereocenters. The molecule has 10 nitrogen and oxygen atoms in total. The summed E-state index contributed by atoms with van der Waals surface area (Å²) in [4.78, 5) is 38.1. The first-order valence-corrected chi connectivity index (χ1v) is 12.4. The van der Waals surface area contributed by atoms with Crippen LogP contribution < -0.4 is 10.6 Å². The topological polar surface area (TPSA) is 137 Å². The second-order valence-electron chi connectivity index (χ2n) is 8.95. The van der Waals surface area contributed by atoms with Crippen molar-refractivity contribution in [2.75, 3.05) is 33.4 Å². The van der Waals surface area contributed by atoms with Crippen LogP contribution in [0.2, 0.25) is 0 Å². The van der Waals surface area contributed by atoms with Crippen LogP contribution >= 0.6 is 0 Å². The summed E-state index contributed by atoms with van der Waals surface area (Å²) < 4.78 is 10.6. The van der Waals surface area contributed by atoms with Gasteiger partial charge in [-0.05, 0) is 30.4 Å². The monoisotopic (exact) mass is 513 g/mol. The highest BCUT2D eigenvalue weighted by Crippen LogP contribution is 2.28. The van der Waals surface area contributed by atoms with Gasteiger partial charge in [0.15, 0.2) is 0 Å². The minimum Gasteiger partial charge on any atom is -0.465 e. The number of nitrogens with zero attached hydrogens (tertiary/aromatic N) is 1. The van der Waals surface area contributed by atoms with E-state index in [2.05, 4.69) is 10.6 Å². The average molecular weight is 514 g/mol. The second-order valence-corrected chi connectivity index (χ2v) is 8.95. The zero-order chi connectivity index (χ0) is 26.6. The Hall–Kier alpha value is -3.63. The van der Waals surface area contributed by atoms with Crippen molar-refractivity contribution in [3.05, 3.63) is 71.8 Å². The highest BCUT2D eigenvalue weighted by molar-refractivity contribution is 5.87. The number of aliphatic hydroxyl groups excluding tert-OH is 1. The highest BCUT2D eigenvalue weighted by Gasteiger charge is 2.33. The van der Waals surface area contributed by atoms with Crippen molar-refractivity contribution < 1.29 is 34.1 Å². The third-order valence-electron chi connectivity index (χ3n) is 6.35. The van der Waals surface area contributed by atoms with Gasteiger partial charge in [0.2, 0.25) is 5.91 Å². The number of amides is 3. The van der Waals surface area contributed by atoms with Crippen LogP contribution in [0.5, 0.6) is 0 Å². The highest BCUT2D eigenvalue weighted by atomic mass is 16.5. The number of alkyl carbamates (subject to hydrolysis) is 1. The number of unbranched alkanes of at least 4 members (excludes halogenated alkanes) is 1. The van der Waals surface area contributed by atoms with Crippen LogP contribution in [-0.4, -0.2) is 84.8 Å². The number of carbonyl (C=O) groups is 3. The summed E-state index contributed by atoms with van der Waals surface area (Å²) in [7, 11) is 1.25. The maximum absolute atomic E-state index is 13.3. The van der Waals surface area contributed by atoms with Crippen molar-refractivity contribution in [1.82, 2.24) is 15.5 Å². The maximum Gasteiger partial charge on any atom is 0.407 e. The Balaban J connectivity index is 1.62. The van der Waals surface area contributed by atoms with Crippen LogP contribution in [0.4, 0.5) is 9.59 Å². The first-order chi connectivity index (χ1) is 17.9. The third-order valence-corrected chi connectivity index (χ3v) is 6.35. The number of aliphatic hydroxyl groups is 1. The molecule has 1 aliphatic rings. The average Bonchev–Trinajstić information content (AvgIpc) is 2.93. The molecule has 3 amide bonds. The van der Waals surface area contributed by atoms with E-state index in [0.717, 1.165) is 11.1 Å². The van der Waals surface area contributed by atoms with E-state index in [1.807, 2.05) is 60.7 Å². The first kappa shape index (κ1) is 27.9. The van der Waals surface area contributed by atoms with E-state index >= 15 is 0 Å². The molecule has 0 spiro atoms. The Morgan fingerprint density at radius 2 is 1.59 bits per heavy atom. The third kappa shape index (κ3) is 8.19. The lowest BCUT2D eigenvalue weighted by Crippen LogP contribution is -2.51. The molecule has 0 radical (unpaired) electrons. The quantitative estimate of drug-likeness (QED) is 0.339. The largest absolute Gasteiger partial charge is 0.465 e. The number of hydrogen-bond acceptors (Lipinski definition) is 6. The maximum atomic E-state index is 13.3. The standard InChI is InChI=1S/C27H35N3O7/c1-36-26(33)29-24(23(19-10-4-2-5-11-19)20-12-6-3-7-13-20)25(32)28-15-9-8-14-21-16-30(27(34)35)17-22(18-31)37-21/h2-7,10-13,21-24,31H,8-9,14-18H2,1H3,(H,28,32)(H,29,33)(H,34,35)/t21?,22-,24-/m0/s1. The molecule has 1 heterocycles. The van der Waals surface area contributed by atoms with Crippen molar-refractivity contribution in [3.63, 3.8) is 0 Å². The lowest BCUT2D eigenvalue weighted by atomic mass is 9.84. The zero-order valence-corrected chi connectivity index (χ0v) is 20.9. The summed E-state index contributed by atoms with van der Waals surface area (Å²) in [5.74, 6) is -0.774. The van der Waals surface area contributed by atoms with Gasteiger partial charge < -0.3 is 35.2 Å². The fourth-order valence-corrected chi connectivity index (χ4v) is 4.54. The number of hydrogen-bond donors (Lipinski definition) is 4. The SMILES string of the molecule is COC(=O)N[C@H](C(=O)NCCCCC1CN(C(=O)O)C[C@@H](CO)O1)C(c1ccccc1)c1ccccc1. The van der Waals surface area contributed by atoms with Crippen molar-refractivity contribution >= 4 is 18.1 Å². The van der Waals surface area contributed by atoms with Gasteiger partial charge in [-0.2, -0.15) is 0 Å². The first-order valence-electron chi connectivity index (χ1n) is 12.4. The number of benzene rings is 2. The van der Waals surface area contributed by atoms with Gasteiger partial charge in [0.1, 0.15) is 6.04 Å². The van der Waals surface area contributed by atoms with Crippen molar-refractivity contribution in [1.29, 1.82) is 0 Å². The minimum absolute atomic E-state index is 0.150. The molecular formula is C27H35N3O7. The normalized spacial score (nSPS) is 18.2. The van der Waals surface area contributed by atoms with E-state index in [1.54, 1.807) is 0 Å². The van der Waals surface area contributed by atoms with Gasteiger partial charge in [-0.15, -0.1) is 0 Å². The number of morpholine rings is 1. The van der Waals surface area contributed by atoms with Crippen LogP contribution in [-0.2, 0) is 14.3 Å². The molecule has 1 saturated heterocycles. The van der Waals surface area contributed by atoms with E-state index in [4.69, 9.17) is 9.47 Å². The Bertz CT molecular complexity index is 966. The van der Waals surface area contributed by atoms with Crippen molar-refractivity contribution in [2.24, 2.45) is 0 Å². The van der Waals surface area contributed by atoms with Crippen LogP contribution in [0.1, 0.15) is 36.3 Å². The summed E-state index contributed by atoms with van der Waals surface area (Å²) in [5.41, 5.74) is 1.75. The van der Waals surface area contributed by atoms with Crippen LogP contribution in [0.25, 0.3) is 0 Å². The molecule has 2 aromatic rings. The molecule has 4 N–H and O–H groups in total. The van der Waals surface area contributed by atoms with E-state index < -0.39 is 30.3 Å². The van der Waals surface area contributed by atoms with Gasteiger partial charge in [0.25, 0.3) is 0 Å². The van der Waals surface area contributed by atoms with Gasteiger partial charge in [0.05, 0.1) is 39.0 Å². The predicted molar refractivity (Wildman–Crippen MR) is 136 cm³/mol. The Morgan fingerprint density at radius 1 is 1.00 bits per heavy atom. The number of carbonyl (C=O) groups excluding carboxylic acids is 2. The summed E-state index contributed by atoms with van der Waals surface area (Å²) in [5, 5.41) is 24.3. The zero-order valence-electron chi connectivity index (χ0n) is 20.9. The van der Waals surface area contributed by atoms with Crippen LogP contribution in [0, 0.1) is 0 Å². The van der Waals surface area contributed by atoms with Gasteiger partial charge in [-0.1, -0.05) is 60.7 Å². The van der Waals surface area contributed by atoms with Crippen LogP contribution in [0.3, 0.4) is 0 Å². The molecule has 1 unspecified atom stereocenters. The molecule has 1 fully saturated rings. The second kappa shape index (κ2) is 14.2. The lowest BCUT2D eigenvalue weighted by molar-refractivity contribution is -0.123. The molecule has 0 aromatic heterocycles. The number of nitrogens with one attached hydrogen (secondary N) is 2. The van der Waals surface area contributed by atoms with Crippen molar-refractivity contribution in [2.45, 2.75) is 43.4 Å². The molecule has 0 saturated carbocycles. The molecule has 1 aliphatic heterocycles. The molecule has 3 rings (SSSR count). The van der Waals surface area contributed by atoms with Crippen molar-refractivity contribution in [3.8, 4) is 0 Å². The molecule has 200 valence electrons. The Labute approximate surface area is 216 Å². The number of rotatable bonds is 11. The van der Waals surface area contributed by atoms with E-state index in [0.29, 0.717) is 25.8 Å². The molecule has 0 bridgehead atoms. The van der Waals surface area contributed by atoms with Gasteiger partial charge in [-0.3, -0.25) is 4.79 Å². The number of carboxylic acid groups (broad SMARTS) is 1. The molecule has 10 heteroatoms. The molecule has 0 aliphatic carbocycles. The van der Waals surface area contributed by atoms with E-state index in [-0.39, 0.29) is 31.7 Å². The fourth-order valence-electron chi connectivity index (χ4n) is 4.54. The summed E-state index contributed by atoms with van der Waals surface area (Å²) in [6.07, 6.45) is -0.667. The molecule has 2 aromatic carbocycles. The number of methoxy groups -OCH3 is 1. The Morgan fingerprint density at radius 3 is 2.14 bits per heavy atom. The fraction of sp³-hybridized carbons (Fsp3) is 0.444. The van der Waals surface area contributed by atoms with E-state index in [1.165, 1.54) is 12.0 Å². The minimum atomic E-state index is -1.03. The Kier molecular flexibility index (Phi) is 10.7. The predicted octanol–water partition coefficient (Wildman–Crippen LogP) is 2.57.